The molecular formula is C36H41F4N5O7S2. The summed E-state index contributed by atoms with van der Waals surface area (Å²) in [5.41, 5.74) is 5.48. The van der Waals surface area contributed by atoms with E-state index in [0.29, 0.717) is 37.7 Å². The summed E-state index contributed by atoms with van der Waals surface area (Å²) in [7, 11) is 0. The van der Waals surface area contributed by atoms with Gasteiger partial charge in [-0.15, -0.1) is 22.7 Å². The maximum Gasteiger partial charge on any atom is 0.309 e. The Hall–Kier alpha value is -4.26. The number of nitrogens with two attached hydrogens (primary N) is 1. The topological polar surface area (TPSA) is 173 Å². The molecule has 0 saturated carbocycles. The van der Waals surface area contributed by atoms with Gasteiger partial charge in [-0.3, -0.25) is 19.2 Å². The third-order valence-corrected chi connectivity index (χ3v) is 11.0. The van der Waals surface area contributed by atoms with Crippen LogP contribution in [0.15, 0.2) is 56.2 Å². The molecule has 12 nitrogen and oxygen atoms in total. The fourth-order valence-corrected chi connectivity index (χ4v) is 7.24. The summed E-state index contributed by atoms with van der Waals surface area (Å²) in [6.45, 7) is 1.92. The van der Waals surface area contributed by atoms with Crippen molar-refractivity contribution in [1.29, 1.82) is 0 Å². The van der Waals surface area contributed by atoms with Gasteiger partial charge in [-0.05, 0) is 35.7 Å². The van der Waals surface area contributed by atoms with Gasteiger partial charge in [0.2, 0.25) is 17.8 Å². The zero-order chi connectivity index (χ0) is 38.9. The summed E-state index contributed by atoms with van der Waals surface area (Å²) in [6, 6.07) is 10.5. The number of carbonyl (C=O) groups is 4. The van der Waals surface area contributed by atoms with E-state index in [2.05, 4.69) is 10.3 Å². The number of amides is 1. The van der Waals surface area contributed by atoms with Crippen LogP contribution in [0.25, 0.3) is 21.3 Å². The lowest BCUT2D eigenvalue weighted by molar-refractivity contribution is -0.148. The van der Waals surface area contributed by atoms with Gasteiger partial charge in [-0.1, -0.05) is 22.4 Å². The molecular weight excluding hydrogens is 755 g/mol. The molecule has 0 spiro atoms. The predicted octanol–water partition coefficient (Wildman–Crippen LogP) is 7.00. The lowest BCUT2D eigenvalue weighted by Crippen LogP contribution is -2.53. The summed E-state index contributed by atoms with van der Waals surface area (Å²) < 4.78 is 66.1. The molecule has 6 heterocycles. The first-order valence-corrected chi connectivity index (χ1v) is 19.2. The Bertz CT molecular complexity index is 1700. The number of hydrogen-bond donors (Lipinski definition) is 2. The van der Waals surface area contributed by atoms with Crippen LogP contribution in [0.3, 0.4) is 0 Å². The van der Waals surface area contributed by atoms with E-state index < -0.39 is 23.7 Å². The number of rotatable bonds is 20. The number of hydrogen-bond acceptors (Lipinski definition) is 12. The molecule has 3 N–H and O–H groups in total. The highest BCUT2D eigenvalue weighted by atomic mass is 32.1. The van der Waals surface area contributed by atoms with Gasteiger partial charge in [0, 0.05) is 89.9 Å². The highest BCUT2D eigenvalue weighted by Gasteiger charge is 2.36. The van der Waals surface area contributed by atoms with Crippen molar-refractivity contribution in [3.63, 3.8) is 0 Å². The molecule has 2 aliphatic rings. The Morgan fingerprint density at radius 1 is 0.741 bits per heavy atom. The summed E-state index contributed by atoms with van der Waals surface area (Å²) in [5.74, 6) is -7.28. The summed E-state index contributed by atoms with van der Waals surface area (Å²) >= 11 is 2.92. The summed E-state index contributed by atoms with van der Waals surface area (Å²) in [6.07, 6.45) is -1.25. The summed E-state index contributed by atoms with van der Waals surface area (Å²) in [5, 5.41) is 20.0. The normalized spacial score (nSPS) is 15.6. The van der Waals surface area contributed by atoms with Gasteiger partial charge in [0.15, 0.2) is 23.1 Å². The summed E-state index contributed by atoms with van der Waals surface area (Å²) in [4.78, 5) is 51.1. The number of halogens is 4. The van der Waals surface area contributed by atoms with Gasteiger partial charge in [0.25, 0.3) is 0 Å². The molecule has 0 aliphatic carbocycles. The van der Waals surface area contributed by atoms with E-state index >= 15 is 0 Å². The minimum atomic E-state index is -2.87. The first-order chi connectivity index (χ1) is 25.7. The zero-order valence-electron chi connectivity index (χ0n) is 29.3. The Morgan fingerprint density at radius 2 is 1.17 bits per heavy atom. The van der Waals surface area contributed by atoms with Crippen molar-refractivity contribution in [2.75, 3.05) is 39.3 Å². The number of aliphatic carboxylic acids is 1. The quantitative estimate of drug-likeness (QED) is 0.0697. The number of aromatic nitrogens is 2. The second-order valence-electron chi connectivity index (χ2n) is 13.5. The van der Waals surface area contributed by atoms with E-state index in [1.54, 1.807) is 15.9 Å². The van der Waals surface area contributed by atoms with Crippen molar-refractivity contribution in [2.24, 2.45) is 17.6 Å². The molecule has 2 fully saturated rings. The maximum atomic E-state index is 14.0. The number of carbonyl (C=O) groups excluding carboxylic acids is 3. The molecule has 0 atom stereocenters. The Morgan fingerprint density at radius 3 is 1.54 bits per heavy atom. The van der Waals surface area contributed by atoms with E-state index in [4.69, 9.17) is 19.9 Å². The van der Waals surface area contributed by atoms with Gasteiger partial charge >= 0.3 is 5.97 Å². The number of likely N-dealkylation sites (tertiary alicyclic amines) is 2. The molecule has 18 heteroatoms. The first kappa shape index (κ1) is 40.9. The van der Waals surface area contributed by atoms with Crippen molar-refractivity contribution < 1.29 is 50.9 Å². The molecule has 0 radical (unpaired) electrons. The fraction of sp³-hybridized carbons (Fsp3) is 0.500. The molecule has 0 aromatic carbocycles. The maximum absolute atomic E-state index is 14.0. The van der Waals surface area contributed by atoms with Gasteiger partial charge in [-0.2, -0.15) is 0 Å². The van der Waals surface area contributed by atoms with Crippen LogP contribution in [0.2, 0.25) is 0 Å². The Labute approximate surface area is 316 Å². The lowest BCUT2D eigenvalue weighted by atomic mass is 9.98. The number of thiophene rings is 2. The third kappa shape index (κ3) is 11.9. The molecule has 4 aromatic heterocycles. The Balaban J connectivity index is 0.000000208. The van der Waals surface area contributed by atoms with E-state index in [9.17, 15) is 36.7 Å². The highest BCUT2D eigenvalue weighted by molar-refractivity contribution is 7.13. The van der Waals surface area contributed by atoms with Crippen molar-refractivity contribution in [3.8, 4) is 21.3 Å². The van der Waals surface area contributed by atoms with E-state index in [1.807, 2.05) is 35.0 Å². The van der Waals surface area contributed by atoms with E-state index in [1.165, 1.54) is 28.7 Å². The van der Waals surface area contributed by atoms with Crippen LogP contribution in [-0.2, 0) is 9.59 Å². The molecule has 1 amide bonds. The minimum Gasteiger partial charge on any atom is -0.481 e. The highest BCUT2D eigenvalue weighted by Crippen LogP contribution is 2.31. The number of alkyl halides is 4. The number of carboxylic acids is 1. The average Bonchev–Trinajstić information content (AvgIpc) is 3.90. The van der Waals surface area contributed by atoms with Crippen LogP contribution in [0.4, 0.5) is 17.6 Å². The Kier molecular flexibility index (Phi) is 13.9. The minimum absolute atomic E-state index is 0.000528. The van der Waals surface area contributed by atoms with Crippen LogP contribution in [0.1, 0.15) is 72.3 Å². The number of carboxylic acid groups (broad SMARTS) is 1. The second-order valence-corrected chi connectivity index (χ2v) is 15.4. The second kappa shape index (κ2) is 18.4. The van der Waals surface area contributed by atoms with Crippen molar-refractivity contribution in [3.05, 3.63) is 58.5 Å². The lowest BCUT2D eigenvalue weighted by Gasteiger charge is -2.38. The fourth-order valence-electron chi connectivity index (χ4n) is 5.89. The molecule has 292 valence electrons. The molecule has 0 bridgehead atoms. The van der Waals surface area contributed by atoms with Crippen LogP contribution < -0.4 is 5.73 Å². The van der Waals surface area contributed by atoms with Crippen molar-refractivity contribution >= 4 is 46.1 Å². The van der Waals surface area contributed by atoms with Crippen LogP contribution in [-0.4, -0.2) is 99.8 Å². The van der Waals surface area contributed by atoms with Crippen molar-refractivity contribution in [1.82, 2.24) is 20.1 Å². The van der Waals surface area contributed by atoms with Crippen LogP contribution in [0, 0.1) is 11.8 Å². The number of primary amides is 1. The molecule has 54 heavy (non-hydrogen) atoms. The van der Waals surface area contributed by atoms with Gasteiger partial charge in [0.05, 0.1) is 21.6 Å². The number of Topliss-reactive ketones (excluding diaryl/α,β-unsaturated/α-hetero) is 2. The SMILES string of the molecule is NC(=O)C1CN(CCC(F)(F)CCCC(=O)c2cc(-c3cccs3)on2)C1.O=C(CCCC(F)(F)CCN1CC(C(=O)O)C1)c1cc(-c2cccs2)on1. The van der Waals surface area contributed by atoms with E-state index in [0.717, 1.165) is 9.75 Å². The molecule has 4 aromatic rings. The monoisotopic (exact) mass is 795 g/mol. The first-order valence-electron chi connectivity index (χ1n) is 17.5. The predicted molar refractivity (Wildman–Crippen MR) is 192 cm³/mol. The van der Waals surface area contributed by atoms with Gasteiger partial charge in [-0.25, -0.2) is 17.6 Å². The smallest absolute Gasteiger partial charge is 0.309 e. The van der Waals surface area contributed by atoms with Crippen LogP contribution in [0.5, 0.6) is 0 Å². The number of nitrogens with zero attached hydrogens (tertiary/aromatic N) is 4. The average molecular weight is 796 g/mol. The largest absolute Gasteiger partial charge is 0.481 e. The molecule has 0 unspecified atom stereocenters. The third-order valence-electron chi connectivity index (χ3n) is 9.27. The van der Waals surface area contributed by atoms with Gasteiger partial charge in [0.1, 0.15) is 11.4 Å². The van der Waals surface area contributed by atoms with Crippen LogP contribution >= 0.6 is 22.7 Å². The van der Waals surface area contributed by atoms with E-state index in [-0.39, 0.29) is 99.2 Å². The zero-order valence-corrected chi connectivity index (χ0v) is 30.9. The van der Waals surface area contributed by atoms with Gasteiger partial charge < -0.3 is 29.7 Å². The molecule has 6 rings (SSSR count). The molecule has 2 aliphatic heterocycles. The molecule has 2 saturated heterocycles. The standard InChI is InChI=1S/C18H21F2N3O3S.C18H20F2N2O4S/c19-18(20,6-7-23-10-12(11-23)17(21)25)5-1-3-14(24)13-9-15(26-22-13)16-4-2-8-27-16;19-18(20,6-7-22-10-12(11-22)17(24)25)5-1-3-14(23)13-9-15(26-21-13)16-4-2-8-27-16/h2,4,8-9,12H,1,3,5-7,10-11H2,(H2,21,25);2,4,8-9,12H,1,3,5-7,10-11H2,(H,24,25). The number of ketones is 2. The van der Waals surface area contributed by atoms with Crippen molar-refractivity contribution in [2.45, 2.75) is 63.2 Å².